The Hall–Kier alpha value is -2.97. The lowest BCUT2D eigenvalue weighted by molar-refractivity contribution is -0.137. The van der Waals surface area contributed by atoms with Gasteiger partial charge < -0.3 is 10.2 Å². The fourth-order valence-electron chi connectivity index (χ4n) is 3.65. The van der Waals surface area contributed by atoms with Crippen molar-refractivity contribution in [1.82, 2.24) is 15.5 Å². The first-order valence-corrected chi connectivity index (χ1v) is 11.0. The highest BCUT2D eigenvalue weighted by atomic mass is 35.5. The summed E-state index contributed by atoms with van der Waals surface area (Å²) >= 11 is 7.48. The molecule has 1 atom stereocenters. The van der Waals surface area contributed by atoms with Crippen molar-refractivity contribution in [2.75, 3.05) is 0 Å². The minimum Gasteiger partial charge on any atom is -0.348 e. The number of imide groups is 1. The van der Waals surface area contributed by atoms with Crippen molar-refractivity contribution in [3.8, 4) is 0 Å². The molecule has 0 saturated carbocycles. The molecule has 9 heteroatoms. The first kappa shape index (κ1) is 21.3. The van der Waals surface area contributed by atoms with E-state index in [2.05, 4.69) is 10.6 Å². The number of hydrogen-bond acceptors (Lipinski definition) is 5. The molecular formula is C22H20ClN3O4S. The summed E-state index contributed by atoms with van der Waals surface area (Å²) in [6, 6.07) is 6.87. The zero-order chi connectivity index (χ0) is 22.1. The molecule has 2 N–H and O–H groups in total. The second-order valence-electron chi connectivity index (χ2n) is 7.54. The van der Waals surface area contributed by atoms with E-state index in [0.717, 1.165) is 21.6 Å². The van der Waals surface area contributed by atoms with E-state index in [9.17, 15) is 19.2 Å². The van der Waals surface area contributed by atoms with Crippen LogP contribution in [0.25, 0.3) is 6.08 Å². The van der Waals surface area contributed by atoms with E-state index in [-0.39, 0.29) is 24.1 Å². The van der Waals surface area contributed by atoms with E-state index >= 15 is 0 Å². The summed E-state index contributed by atoms with van der Waals surface area (Å²) in [5.74, 6) is -1.20. The molecule has 1 aromatic heterocycles. The normalized spacial score (nSPS) is 18.5. The third kappa shape index (κ3) is 4.55. The van der Waals surface area contributed by atoms with Crippen LogP contribution in [0.3, 0.4) is 0 Å². The van der Waals surface area contributed by atoms with Gasteiger partial charge in [0.15, 0.2) is 0 Å². The molecule has 2 aliphatic rings. The van der Waals surface area contributed by atoms with Crippen molar-refractivity contribution in [2.24, 2.45) is 0 Å². The summed E-state index contributed by atoms with van der Waals surface area (Å²) < 4.78 is 0. The number of halogens is 1. The Kier molecular flexibility index (Phi) is 5.93. The SMILES string of the molecule is Cc1ccc(C=CC(=O)NCc2cc3c(s2)C(=O)N(C2CCC(=O)NC2=O)C3)c(Cl)c1. The third-order valence-electron chi connectivity index (χ3n) is 5.25. The summed E-state index contributed by atoms with van der Waals surface area (Å²) in [6.07, 6.45) is 3.65. The molecule has 0 bridgehead atoms. The Labute approximate surface area is 188 Å². The summed E-state index contributed by atoms with van der Waals surface area (Å²) in [6.45, 7) is 2.57. The second-order valence-corrected chi connectivity index (χ2v) is 9.09. The van der Waals surface area contributed by atoms with Gasteiger partial charge >= 0.3 is 0 Å². The van der Waals surface area contributed by atoms with Crippen molar-refractivity contribution in [3.63, 3.8) is 0 Å². The summed E-state index contributed by atoms with van der Waals surface area (Å²) in [5, 5.41) is 5.68. The molecule has 2 aliphatic heterocycles. The first-order chi connectivity index (χ1) is 14.8. The Morgan fingerprint density at radius 2 is 2.13 bits per heavy atom. The topological polar surface area (TPSA) is 95.6 Å². The van der Waals surface area contributed by atoms with Crippen LogP contribution in [0.4, 0.5) is 0 Å². The lowest BCUT2D eigenvalue weighted by Crippen LogP contribution is -2.52. The zero-order valence-electron chi connectivity index (χ0n) is 16.7. The second kappa shape index (κ2) is 8.64. The van der Waals surface area contributed by atoms with Crippen LogP contribution < -0.4 is 10.6 Å². The number of aryl methyl sites for hydroxylation is 1. The maximum absolute atomic E-state index is 12.8. The van der Waals surface area contributed by atoms with Gasteiger partial charge in [-0.1, -0.05) is 23.7 Å². The number of piperidine rings is 1. The van der Waals surface area contributed by atoms with E-state index < -0.39 is 11.9 Å². The van der Waals surface area contributed by atoms with Gasteiger partial charge in [0, 0.05) is 28.9 Å². The number of nitrogens with zero attached hydrogens (tertiary/aromatic N) is 1. The average Bonchev–Trinajstić information content (AvgIpc) is 3.25. The van der Waals surface area contributed by atoms with E-state index in [0.29, 0.717) is 29.4 Å². The molecule has 1 fully saturated rings. The Bertz CT molecular complexity index is 1120. The lowest BCUT2D eigenvalue weighted by Gasteiger charge is -2.29. The number of rotatable bonds is 5. The summed E-state index contributed by atoms with van der Waals surface area (Å²) in [7, 11) is 0. The molecule has 1 unspecified atom stereocenters. The quantitative estimate of drug-likeness (QED) is 0.533. The van der Waals surface area contributed by atoms with Crippen molar-refractivity contribution < 1.29 is 19.2 Å². The molecule has 3 heterocycles. The van der Waals surface area contributed by atoms with Gasteiger partial charge in [0.25, 0.3) is 5.91 Å². The van der Waals surface area contributed by atoms with Gasteiger partial charge in [0.05, 0.1) is 11.4 Å². The monoisotopic (exact) mass is 457 g/mol. The molecular weight excluding hydrogens is 438 g/mol. The maximum atomic E-state index is 12.8. The molecule has 2 aromatic rings. The largest absolute Gasteiger partial charge is 0.348 e. The molecule has 1 aromatic carbocycles. The van der Waals surface area contributed by atoms with Gasteiger partial charge in [-0.15, -0.1) is 11.3 Å². The average molecular weight is 458 g/mol. The van der Waals surface area contributed by atoms with Gasteiger partial charge in [0.1, 0.15) is 6.04 Å². The predicted octanol–water partition coefficient (Wildman–Crippen LogP) is 2.80. The summed E-state index contributed by atoms with van der Waals surface area (Å²) in [4.78, 5) is 51.3. The maximum Gasteiger partial charge on any atom is 0.265 e. The minimum atomic E-state index is -0.619. The summed E-state index contributed by atoms with van der Waals surface area (Å²) in [5.41, 5.74) is 2.64. The van der Waals surface area contributed by atoms with Crippen LogP contribution >= 0.6 is 22.9 Å². The Balaban J connectivity index is 1.34. The Morgan fingerprint density at radius 3 is 2.84 bits per heavy atom. The molecule has 160 valence electrons. The van der Waals surface area contributed by atoms with Crippen LogP contribution in [0.1, 0.15) is 44.1 Å². The van der Waals surface area contributed by atoms with Crippen LogP contribution in [0.2, 0.25) is 5.02 Å². The number of benzene rings is 1. The number of fused-ring (bicyclic) bond motifs is 1. The number of carbonyl (C=O) groups excluding carboxylic acids is 4. The molecule has 0 aliphatic carbocycles. The number of carbonyl (C=O) groups is 4. The lowest BCUT2D eigenvalue weighted by atomic mass is 10.0. The van der Waals surface area contributed by atoms with Gasteiger partial charge in [-0.25, -0.2) is 0 Å². The molecule has 4 amide bonds. The molecule has 0 spiro atoms. The predicted molar refractivity (Wildman–Crippen MR) is 117 cm³/mol. The van der Waals surface area contributed by atoms with Crippen molar-refractivity contribution in [3.05, 3.63) is 61.8 Å². The van der Waals surface area contributed by atoms with Crippen LogP contribution in [-0.4, -0.2) is 34.6 Å². The standard InChI is InChI=1S/C22H20ClN3O4S/c1-12-2-3-13(16(23)8-12)4-6-18(27)24-10-15-9-14-11-26(22(30)20(14)31-15)17-5-7-19(28)25-21(17)29/h2-4,6,8-9,17H,5,7,10-11H2,1H3,(H,24,27)(H,25,28,29). The number of hydrogen-bond donors (Lipinski definition) is 2. The van der Waals surface area contributed by atoms with Crippen molar-refractivity contribution in [1.29, 1.82) is 0 Å². The van der Waals surface area contributed by atoms with Crippen LogP contribution in [0.15, 0.2) is 30.3 Å². The van der Waals surface area contributed by atoms with E-state index in [4.69, 9.17) is 11.6 Å². The highest BCUT2D eigenvalue weighted by Gasteiger charge is 2.40. The van der Waals surface area contributed by atoms with Gasteiger partial charge in [-0.05, 0) is 48.2 Å². The number of nitrogens with one attached hydrogen (secondary N) is 2. The molecule has 0 radical (unpaired) electrons. The van der Waals surface area contributed by atoms with Crippen LogP contribution in [0, 0.1) is 6.92 Å². The number of amides is 4. The van der Waals surface area contributed by atoms with E-state index in [1.54, 1.807) is 6.08 Å². The third-order valence-corrected chi connectivity index (χ3v) is 6.74. The first-order valence-electron chi connectivity index (χ1n) is 9.80. The molecule has 4 rings (SSSR count). The molecule has 31 heavy (non-hydrogen) atoms. The fraction of sp³-hybridized carbons (Fsp3) is 0.273. The van der Waals surface area contributed by atoms with Gasteiger partial charge in [0.2, 0.25) is 17.7 Å². The highest BCUT2D eigenvalue weighted by molar-refractivity contribution is 7.14. The highest BCUT2D eigenvalue weighted by Crippen LogP contribution is 2.33. The zero-order valence-corrected chi connectivity index (χ0v) is 18.3. The van der Waals surface area contributed by atoms with Gasteiger partial charge in [-0.3, -0.25) is 24.5 Å². The van der Waals surface area contributed by atoms with Crippen LogP contribution in [-0.2, 0) is 27.5 Å². The number of thiophene rings is 1. The minimum absolute atomic E-state index is 0.207. The van der Waals surface area contributed by atoms with Gasteiger partial charge in [-0.2, -0.15) is 0 Å². The smallest absolute Gasteiger partial charge is 0.265 e. The molecule has 1 saturated heterocycles. The molecule has 7 nitrogen and oxygen atoms in total. The van der Waals surface area contributed by atoms with Crippen molar-refractivity contribution >= 4 is 52.6 Å². The van der Waals surface area contributed by atoms with E-state index in [1.807, 2.05) is 31.2 Å². The van der Waals surface area contributed by atoms with E-state index in [1.165, 1.54) is 22.3 Å². The fourth-order valence-corrected chi connectivity index (χ4v) is 5.02. The Morgan fingerprint density at radius 1 is 1.32 bits per heavy atom. The van der Waals surface area contributed by atoms with Crippen molar-refractivity contribution in [2.45, 2.75) is 38.9 Å². The van der Waals surface area contributed by atoms with Crippen LogP contribution in [0.5, 0.6) is 0 Å².